The van der Waals surface area contributed by atoms with Gasteiger partial charge in [-0.25, -0.2) is 0 Å². The number of benzene rings is 1. The zero-order valence-electron chi connectivity index (χ0n) is 7.03. The van der Waals surface area contributed by atoms with Crippen LogP contribution in [0.1, 0.15) is 0 Å². The first-order valence-corrected chi connectivity index (χ1v) is 6.49. The van der Waals surface area contributed by atoms with Crippen LogP contribution in [0.5, 0.6) is 5.75 Å². The normalized spacial score (nSPS) is 11.1. The van der Waals surface area contributed by atoms with Crippen molar-refractivity contribution in [2.45, 2.75) is 0 Å². The molecule has 0 atom stereocenters. The van der Waals surface area contributed by atoms with Gasteiger partial charge in [-0.2, -0.15) is 0 Å². The van der Waals surface area contributed by atoms with Crippen molar-refractivity contribution < 1.29 is 19.2 Å². The first kappa shape index (κ1) is 12.4. The quantitative estimate of drug-likeness (QED) is 0.494. The summed E-state index contributed by atoms with van der Waals surface area (Å²) in [6.45, 7) is -3.84. The number of nitrogens with zero attached hydrogens (tertiary/aromatic N) is 1. The smallest absolute Gasteiger partial charge is 0.375 e. The maximum atomic E-state index is 10.4. The minimum atomic E-state index is -3.84. The lowest BCUT2D eigenvalue weighted by molar-refractivity contribution is -0.384. The summed E-state index contributed by atoms with van der Waals surface area (Å²) in [6, 6.07) is 3.35. The summed E-state index contributed by atoms with van der Waals surface area (Å²) in [6.07, 6.45) is 0. The van der Waals surface area contributed by atoms with Crippen LogP contribution < -0.4 is 4.52 Å². The third-order valence-corrected chi connectivity index (χ3v) is 2.32. The van der Waals surface area contributed by atoms with Gasteiger partial charge in [0, 0.05) is 23.9 Å². The molecule has 0 saturated carbocycles. The lowest BCUT2D eigenvalue weighted by Crippen LogP contribution is -1.92. The Morgan fingerprint density at radius 3 is 2.53 bits per heavy atom. The molecule has 9 heteroatoms. The van der Waals surface area contributed by atoms with E-state index in [-0.39, 0.29) is 16.5 Å². The van der Waals surface area contributed by atoms with Gasteiger partial charge in [-0.15, -0.1) is 0 Å². The number of hydrogen-bond donors (Lipinski definition) is 2. The molecule has 15 heavy (non-hydrogen) atoms. The lowest BCUT2D eigenvalue weighted by Gasteiger charge is -2.09. The molecular weight excluding hydrogens is 265 g/mol. The molecule has 1 rings (SSSR count). The van der Waals surface area contributed by atoms with Crippen LogP contribution >= 0.6 is 18.3 Å². The molecule has 0 fully saturated rings. The van der Waals surface area contributed by atoms with Crippen molar-refractivity contribution >= 4 is 35.8 Å². The van der Waals surface area contributed by atoms with Crippen LogP contribution in [0, 0.1) is 10.1 Å². The van der Waals surface area contributed by atoms with E-state index in [9.17, 15) is 10.1 Å². The van der Waals surface area contributed by atoms with Gasteiger partial charge in [0.2, 0.25) is 0 Å². The zero-order chi connectivity index (χ0) is 11.6. The molecule has 2 N–H and O–H groups in total. The second-order valence-corrected chi connectivity index (χ2v) is 5.45. The van der Waals surface area contributed by atoms with Crippen LogP contribution in [0.2, 0.25) is 5.02 Å². The highest BCUT2D eigenvalue weighted by Gasteiger charge is 2.15. The van der Waals surface area contributed by atoms with Crippen LogP contribution in [0.25, 0.3) is 0 Å². The molecule has 0 aliphatic rings. The number of hydrogen-bond acceptors (Lipinski definition) is 4. The minimum Gasteiger partial charge on any atom is -0.424 e. The molecule has 0 heterocycles. The Hall–Kier alpha value is -0.720. The third-order valence-electron chi connectivity index (χ3n) is 1.34. The molecular formula is C6H5ClNO5PS. The van der Waals surface area contributed by atoms with Crippen LogP contribution in [0.3, 0.4) is 0 Å². The molecule has 0 spiro atoms. The summed E-state index contributed by atoms with van der Waals surface area (Å²) in [5, 5.41) is 10.2. The van der Waals surface area contributed by atoms with Gasteiger partial charge < -0.3 is 14.3 Å². The predicted molar refractivity (Wildman–Crippen MR) is 57.5 cm³/mol. The van der Waals surface area contributed by atoms with Crippen molar-refractivity contribution in [3.8, 4) is 5.75 Å². The van der Waals surface area contributed by atoms with E-state index < -0.39 is 11.6 Å². The minimum absolute atomic E-state index is 0.0288. The average Bonchev–Trinajstić information content (AvgIpc) is 1.99. The molecule has 82 valence electrons. The van der Waals surface area contributed by atoms with Gasteiger partial charge in [-0.05, 0) is 6.07 Å². The van der Waals surface area contributed by atoms with Gasteiger partial charge in [0.25, 0.3) is 5.69 Å². The van der Waals surface area contributed by atoms with Crippen LogP contribution in [0.15, 0.2) is 18.2 Å². The number of nitro groups is 1. The van der Waals surface area contributed by atoms with Crippen LogP contribution in [-0.4, -0.2) is 14.7 Å². The van der Waals surface area contributed by atoms with Gasteiger partial charge in [0.05, 0.1) is 4.92 Å². The zero-order valence-corrected chi connectivity index (χ0v) is 9.50. The molecule has 6 nitrogen and oxygen atoms in total. The van der Waals surface area contributed by atoms with E-state index >= 15 is 0 Å². The van der Waals surface area contributed by atoms with Gasteiger partial charge in [-0.1, -0.05) is 11.6 Å². The number of rotatable bonds is 3. The molecule has 0 aliphatic heterocycles. The highest BCUT2D eigenvalue weighted by atomic mass is 35.5. The average molecular weight is 270 g/mol. The maximum Gasteiger partial charge on any atom is 0.375 e. The molecule has 0 aliphatic carbocycles. The molecule has 0 amide bonds. The fourth-order valence-corrected chi connectivity index (χ4v) is 1.72. The van der Waals surface area contributed by atoms with Crippen molar-refractivity contribution in [3.63, 3.8) is 0 Å². The molecule has 0 aromatic heterocycles. The summed E-state index contributed by atoms with van der Waals surface area (Å²) in [7, 11) is 0. The molecule has 1 aromatic rings. The van der Waals surface area contributed by atoms with Crippen LogP contribution in [0.4, 0.5) is 5.69 Å². The number of nitro benzene ring substituents is 1. The van der Waals surface area contributed by atoms with Crippen molar-refractivity contribution in [1.29, 1.82) is 0 Å². The van der Waals surface area contributed by atoms with Crippen LogP contribution in [-0.2, 0) is 11.8 Å². The van der Waals surface area contributed by atoms with E-state index in [0.29, 0.717) is 0 Å². The first-order valence-electron chi connectivity index (χ1n) is 3.49. The van der Waals surface area contributed by atoms with E-state index in [1.165, 1.54) is 6.07 Å². The summed E-state index contributed by atoms with van der Waals surface area (Å²) < 4.78 is 4.55. The summed E-state index contributed by atoms with van der Waals surface area (Å²) >= 11 is 9.76. The van der Waals surface area contributed by atoms with Crippen molar-refractivity contribution in [2.75, 3.05) is 0 Å². The Kier molecular flexibility index (Phi) is 3.64. The van der Waals surface area contributed by atoms with E-state index in [0.717, 1.165) is 12.1 Å². The SMILES string of the molecule is O=[N+]([O-])c1ccc(OP(O)(O)=S)cc1Cl. The highest BCUT2D eigenvalue weighted by Crippen LogP contribution is 2.40. The van der Waals surface area contributed by atoms with Crippen molar-refractivity contribution in [1.82, 2.24) is 0 Å². The largest absolute Gasteiger partial charge is 0.424 e. The van der Waals surface area contributed by atoms with E-state index in [4.69, 9.17) is 21.4 Å². The fraction of sp³-hybridized carbons (Fsp3) is 0. The molecule has 1 aromatic carbocycles. The van der Waals surface area contributed by atoms with E-state index in [2.05, 4.69) is 16.3 Å². The van der Waals surface area contributed by atoms with Crippen molar-refractivity contribution in [2.24, 2.45) is 0 Å². The lowest BCUT2D eigenvalue weighted by atomic mass is 10.3. The highest BCUT2D eigenvalue weighted by molar-refractivity contribution is 8.06. The summed E-state index contributed by atoms with van der Waals surface area (Å²) in [4.78, 5) is 27.4. The summed E-state index contributed by atoms with van der Waals surface area (Å²) in [5.41, 5.74) is -0.298. The fourth-order valence-electron chi connectivity index (χ4n) is 0.830. The van der Waals surface area contributed by atoms with Gasteiger partial charge >= 0.3 is 6.72 Å². The van der Waals surface area contributed by atoms with Gasteiger partial charge in [-0.3, -0.25) is 10.1 Å². The Morgan fingerprint density at radius 1 is 1.53 bits per heavy atom. The molecule has 0 saturated heterocycles. The third kappa shape index (κ3) is 3.73. The first-order chi connectivity index (χ1) is 6.79. The summed E-state index contributed by atoms with van der Waals surface area (Å²) in [5.74, 6) is -0.0288. The van der Waals surface area contributed by atoms with Gasteiger partial charge in [0.15, 0.2) is 0 Å². The van der Waals surface area contributed by atoms with E-state index in [1.807, 2.05) is 0 Å². The molecule has 0 radical (unpaired) electrons. The van der Waals surface area contributed by atoms with Gasteiger partial charge in [0.1, 0.15) is 10.8 Å². The maximum absolute atomic E-state index is 10.4. The van der Waals surface area contributed by atoms with E-state index in [1.54, 1.807) is 0 Å². The Bertz CT molecular complexity index is 447. The Balaban J connectivity index is 3.02. The second kappa shape index (κ2) is 4.42. The topological polar surface area (TPSA) is 92.8 Å². The monoisotopic (exact) mass is 269 g/mol. The molecule has 0 bridgehead atoms. The Morgan fingerprint density at radius 2 is 2.13 bits per heavy atom. The predicted octanol–water partition coefficient (Wildman–Crippen LogP) is 1.84. The second-order valence-electron chi connectivity index (χ2n) is 2.45. The van der Waals surface area contributed by atoms with Crippen molar-refractivity contribution in [3.05, 3.63) is 33.3 Å². The standard InChI is InChI=1S/C6H5ClNO5PS/c7-5-3-4(13-14(11,12)15)1-2-6(5)8(9)10/h1-3H,(H2,11,12,15). The Labute approximate surface area is 94.5 Å². The molecule has 0 unspecified atom stereocenters. The number of halogens is 1.